The van der Waals surface area contributed by atoms with Gasteiger partial charge in [-0.2, -0.15) is 0 Å². The van der Waals surface area contributed by atoms with Crippen molar-refractivity contribution in [3.05, 3.63) is 17.0 Å². The van der Waals surface area contributed by atoms with E-state index in [1.165, 1.54) is 4.88 Å². The van der Waals surface area contributed by atoms with Crippen LogP contribution < -0.4 is 4.74 Å². The van der Waals surface area contributed by atoms with Gasteiger partial charge in [-0.3, -0.25) is 4.90 Å². The second kappa shape index (κ2) is 7.62. The van der Waals surface area contributed by atoms with Gasteiger partial charge >= 0.3 is 0 Å². The molecule has 0 bridgehead atoms. The van der Waals surface area contributed by atoms with E-state index in [0.717, 1.165) is 24.6 Å². The minimum absolute atomic E-state index is 0.147. The fourth-order valence-corrected chi connectivity index (χ4v) is 2.34. The summed E-state index contributed by atoms with van der Waals surface area (Å²) >= 11 is 1.61. The first kappa shape index (κ1) is 13.4. The van der Waals surface area contributed by atoms with Gasteiger partial charge in [-0.1, -0.05) is 0 Å². The third-order valence-electron chi connectivity index (χ3n) is 2.27. The molecule has 4 nitrogen and oxygen atoms in total. The van der Waals surface area contributed by atoms with Crippen LogP contribution in [0, 0.1) is 0 Å². The van der Waals surface area contributed by atoms with Crippen molar-refractivity contribution in [2.75, 3.05) is 33.4 Å². The molecule has 0 aromatic carbocycles. The third-order valence-corrected chi connectivity index (χ3v) is 3.30. The first-order valence-corrected chi connectivity index (χ1v) is 6.18. The van der Waals surface area contributed by atoms with Crippen LogP contribution in [0.3, 0.4) is 0 Å². The van der Waals surface area contributed by atoms with E-state index >= 15 is 0 Å². The van der Waals surface area contributed by atoms with E-state index in [0.29, 0.717) is 6.54 Å². The third kappa shape index (κ3) is 4.49. The van der Waals surface area contributed by atoms with Gasteiger partial charge in [0.25, 0.3) is 0 Å². The van der Waals surface area contributed by atoms with Crippen LogP contribution in [0.4, 0.5) is 0 Å². The molecule has 0 radical (unpaired) electrons. The summed E-state index contributed by atoms with van der Waals surface area (Å²) in [5, 5.41) is 18.6. The maximum atomic E-state index is 8.94. The van der Waals surface area contributed by atoms with E-state index in [-0.39, 0.29) is 13.2 Å². The normalized spacial score (nSPS) is 11.0. The summed E-state index contributed by atoms with van der Waals surface area (Å²) in [6, 6.07) is 3.98. The van der Waals surface area contributed by atoms with Crippen LogP contribution in [0.25, 0.3) is 0 Å². The SMILES string of the molecule is COc1ccc(CN(CCO)CCCO)s1. The quantitative estimate of drug-likeness (QED) is 0.715. The predicted molar refractivity (Wildman–Crippen MR) is 64.9 cm³/mol. The van der Waals surface area contributed by atoms with Gasteiger partial charge in [0.1, 0.15) is 0 Å². The van der Waals surface area contributed by atoms with Gasteiger partial charge in [0.05, 0.1) is 13.7 Å². The maximum Gasteiger partial charge on any atom is 0.173 e. The number of nitrogens with zero attached hydrogens (tertiary/aromatic N) is 1. The zero-order valence-corrected chi connectivity index (χ0v) is 10.4. The number of rotatable bonds is 8. The monoisotopic (exact) mass is 245 g/mol. The smallest absolute Gasteiger partial charge is 0.173 e. The van der Waals surface area contributed by atoms with Gasteiger partial charge in [0.2, 0.25) is 0 Å². The number of aliphatic hydroxyl groups excluding tert-OH is 2. The molecule has 92 valence electrons. The summed E-state index contributed by atoms with van der Waals surface area (Å²) < 4.78 is 5.13. The molecule has 1 rings (SSSR count). The summed E-state index contributed by atoms with van der Waals surface area (Å²) in [5.74, 6) is 0. The summed E-state index contributed by atoms with van der Waals surface area (Å²) in [7, 11) is 1.66. The molecular weight excluding hydrogens is 226 g/mol. The van der Waals surface area contributed by atoms with Gasteiger partial charge in [0, 0.05) is 31.1 Å². The Labute approximate surface area is 100 Å². The highest BCUT2D eigenvalue weighted by molar-refractivity contribution is 7.13. The second-order valence-electron chi connectivity index (χ2n) is 3.50. The first-order valence-electron chi connectivity index (χ1n) is 5.37. The lowest BCUT2D eigenvalue weighted by Gasteiger charge is -2.19. The van der Waals surface area contributed by atoms with Gasteiger partial charge in [-0.15, -0.1) is 11.3 Å². The number of aliphatic hydroxyl groups is 2. The molecule has 5 heteroatoms. The fourth-order valence-electron chi connectivity index (χ4n) is 1.48. The number of thiophene rings is 1. The van der Waals surface area contributed by atoms with Crippen molar-refractivity contribution >= 4 is 11.3 Å². The molecule has 0 saturated carbocycles. The van der Waals surface area contributed by atoms with Crippen LogP contribution >= 0.6 is 11.3 Å². The molecular formula is C11H19NO3S. The summed E-state index contributed by atoms with van der Waals surface area (Å²) in [5.41, 5.74) is 0. The van der Waals surface area contributed by atoms with Crippen LogP contribution in [0.5, 0.6) is 5.06 Å². The molecule has 16 heavy (non-hydrogen) atoms. The van der Waals surface area contributed by atoms with Crippen LogP contribution in [-0.4, -0.2) is 48.5 Å². The zero-order valence-electron chi connectivity index (χ0n) is 9.56. The van der Waals surface area contributed by atoms with E-state index in [1.807, 2.05) is 12.1 Å². The Kier molecular flexibility index (Phi) is 6.40. The molecule has 2 N–H and O–H groups in total. The number of hydrogen-bond donors (Lipinski definition) is 2. The van der Waals surface area contributed by atoms with E-state index in [4.69, 9.17) is 14.9 Å². The second-order valence-corrected chi connectivity index (χ2v) is 4.63. The molecule has 0 aliphatic carbocycles. The molecule has 1 aromatic heterocycles. The Balaban J connectivity index is 2.46. The van der Waals surface area contributed by atoms with Crippen molar-refractivity contribution in [1.29, 1.82) is 0 Å². The Morgan fingerprint density at radius 3 is 2.62 bits per heavy atom. The Hall–Kier alpha value is -0.620. The lowest BCUT2D eigenvalue weighted by atomic mass is 10.3. The Morgan fingerprint density at radius 2 is 2.06 bits per heavy atom. The standard InChI is InChI=1S/C11H19NO3S/c1-15-11-4-3-10(16-11)9-12(6-8-14)5-2-7-13/h3-4,13-14H,2,5-9H2,1H3. The van der Waals surface area contributed by atoms with E-state index in [9.17, 15) is 0 Å². The van der Waals surface area contributed by atoms with Crippen LogP contribution in [0.2, 0.25) is 0 Å². The minimum atomic E-state index is 0.147. The molecule has 0 aliphatic heterocycles. The molecule has 0 aliphatic rings. The van der Waals surface area contributed by atoms with Gasteiger partial charge in [0.15, 0.2) is 5.06 Å². The molecule has 0 spiro atoms. The van der Waals surface area contributed by atoms with Crippen molar-refractivity contribution in [3.8, 4) is 5.06 Å². The van der Waals surface area contributed by atoms with Gasteiger partial charge in [-0.05, 0) is 18.6 Å². The molecule has 0 atom stereocenters. The van der Waals surface area contributed by atoms with Crippen molar-refractivity contribution in [3.63, 3.8) is 0 Å². The number of ether oxygens (including phenoxy) is 1. The highest BCUT2D eigenvalue weighted by atomic mass is 32.1. The highest BCUT2D eigenvalue weighted by Crippen LogP contribution is 2.24. The van der Waals surface area contributed by atoms with Gasteiger partial charge in [-0.25, -0.2) is 0 Å². The van der Waals surface area contributed by atoms with Crippen LogP contribution in [0.15, 0.2) is 12.1 Å². The maximum absolute atomic E-state index is 8.94. The minimum Gasteiger partial charge on any atom is -0.487 e. The van der Waals surface area contributed by atoms with E-state index in [1.54, 1.807) is 18.4 Å². The first-order chi connectivity index (χ1) is 7.80. The summed E-state index contributed by atoms with van der Waals surface area (Å²) in [4.78, 5) is 3.34. The van der Waals surface area contributed by atoms with Gasteiger partial charge < -0.3 is 14.9 Å². The molecule has 0 unspecified atom stereocenters. The van der Waals surface area contributed by atoms with Crippen molar-refractivity contribution < 1.29 is 14.9 Å². The van der Waals surface area contributed by atoms with Crippen LogP contribution in [-0.2, 0) is 6.54 Å². The van der Waals surface area contributed by atoms with E-state index < -0.39 is 0 Å². The zero-order chi connectivity index (χ0) is 11.8. The number of methoxy groups -OCH3 is 1. The lowest BCUT2D eigenvalue weighted by Crippen LogP contribution is -2.27. The van der Waals surface area contributed by atoms with Crippen LogP contribution in [0.1, 0.15) is 11.3 Å². The summed E-state index contributed by atoms with van der Waals surface area (Å²) in [6.07, 6.45) is 0.739. The Bertz CT molecular complexity index is 291. The molecule has 1 heterocycles. The topological polar surface area (TPSA) is 52.9 Å². The van der Waals surface area contributed by atoms with Crippen molar-refractivity contribution in [1.82, 2.24) is 4.90 Å². The van der Waals surface area contributed by atoms with E-state index in [2.05, 4.69) is 4.90 Å². The molecule has 0 amide bonds. The van der Waals surface area contributed by atoms with Crippen molar-refractivity contribution in [2.24, 2.45) is 0 Å². The highest BCUT2D eigenvalue weighted by Gasteiger charge is 2.07. The van der Waals surface area contributed by atoms with Crippen molar-refractivity contribution in [2.45, 2.75) is 13.0 Å². The lowest BCUT2D eigenvalue weighted by molar-refractivity contribution is 0.175. The predicted octanol–water partition coefficient (Wildman–Crippen LogP) is 0.933. The molecule has 1 aromatic rings. The average Bonchev–Trinajstić information content (AvgIpc) is 2.74. The molecule has 0 fully saturated rings. The number of hydrogen-bond acceptors (Lipinski definition) is 5. The average molecular weight is 245 g/mol. The fraction of sp³-hybridized carbons (Fsp3) is 0.636. The Morgan fingerprint density at radius 1 is 1.25 bits per heavy atom. The largest absolute Gasteiger partial charge is 0.487 e. The molecule has 0 saturated heterocycles. The summed E-state index contributed by atoms with van der Waals surface area (Å²) in [6.45, 7) is 2.58.